The Labute approximate surface area is 155 Å². The minimum Gasteiger partial charge on any atom is -0.476 e. The highest BCUT2D eigenvalue weighted by molar-refractivity contribution is 7.91. The number of carbonyl (C=O) groups is 1. The average Bonchev–Trinajstić information content (AvgIpc) is 2.56. The van der Waals surface area contributed by atoms with Gasteiger partial charge in [-0.15, -0.1) is 0 Å². The molecule has 6 nitrogen and oxygen atoms in total. The van der Waals surface area contributed by atoms with Crippen LogP contribution in [-0.4, -0.2) is 39.4 Å². The van der Waals surface area contributed by atoms with Crippen molar-refractivity contribution in [2.75, 3.05) is 20.0 Å². The van der Waals surface area contributed by atoms with E-state index in [1.54, 1.807) is 18.2 Å². The van der Waals surface area contributed by atoms with Gasteiger partial charge in [0.05, 0.1) is 14.9 Å². The number of hydrogen-bond acceptors (Lipinski definition) is 5. The summed E-state index contributed by atoms with van der Waals surface area (Å²) >= 11 is 12.0. The molecule has 0 atom stereocenters. The summed E-state index contributed by atoms with van der Waals surface area (Å²) in [6.45, 7) is 0. The van der Waals surface area contributed by atoms with Gasteiger partial charge in [-0.05, 0) is 18.2 Å². The maximum Gasteiger partial charge on any atom is 0.414 e. The minimum absolute atomic E-state index is 0.0110. The molecule has 0 aliphatic heterocycles. The van der Waals surface area contributed by atoms with Crippen LogP contribution in [0.4, 0.5) is 4.79 Å². The molecule has 0 N–H and O–H groups in total. The van der Waals surface area contributed by atoms with Gasteiger partial charge in [0.15, 0.2) is 11.7 Å². The van der Waals surface area contributed by atoms with Crippen molar-refractivity contribution in [2.45, 2.75) is 4.90 Å². The van der Waals surface area contributed by atoms with Crippen LogP contribution >= 0.6 is 23.2 Å². The summed E-state index contributed by atoms with van der Waals surface area (Å²) in [4.78, 5) is 13.0. The molecule has 9 heteroatoms. The third-order valence-electron chi connectivity index (χ3n) is 3.02. The zero-order chi connectivity index (χ0) is 18.6. The molecule has 2 aromatic rings. The number of benzene rings is 2. The number of ether oxygens (including phenoxy) is 2. The van der Waals surface area contributed by atoms with E-state index in [9.17, 15) is 13.2 Å². The zero-order valence-corrected chi connectivity index (χ0v) is 15.7. The average molecular weight is 404 g/mol. The van der Waals surface area contributed by atoms with Crippen LogP contribution in [0.2, 0.25) is 10.0 Å². The van der Waals surface area contributed by atoms with E-state index in [1.807, 2.05) is 0 Å². The second-order valence-electron chi connectivity index (χ2n) is 5.17. The van der Waals surface area contributed by atoms with Crippen molar-refractivity contribution in [3.63, 3.8) is 0 Å². The number of nitrogens with zero attached hydrogens (tertiary/aromatic N) is 1. The first-order chi connectivity index (χ1) is 11.7. The third kappa shape index (κ3) is 5.01. The van der Waals surface area contributed by atoms with E-state index in [2.05, 4.69) is 0 Å². The maximum absolute atomic E-state index is 12.2. The minimum atomic E-state index is -3.66. The van der Waals surface area contributed by atoms with Crippen LogP contribution < -0.4 is 9.47 Å². The Balaban J connectivity index is 2.21. The van der Waals surface area contributed by atoms with Gasteiger partial charge in [0.1, 0.15) is 5.75 Å². The SMILES string of the molecule is CN(C)C(=O)Oc1cc(OCS(=O)(=O)c2ccccc2)c(Cl)cc1Cl. The summed E-state index contributed by atoms with van der Waals surface area (Å²) < 4.78 is 34.9. The number of rotatable bonds is 5. The van der Waals surface area contributed by atoms with Gasteiger partial charge in [-0.2, -0.15) is 0 Å². The van der Waals surface area contributed by atoms with Crippen LogP contribution in [0.15, 0.2) is 47.4 Å². The number of halogens is 2. The molecule has 0 saturated heterocycles. The molecule has 0 heterocycles. The highest BCUT2D eigenvalue weighted by Crippen LogP contribution is 2.36. The first kappa shape index (κ1) is 19.4. The number of amides is 1. The van der Waals surface area contributed by atoms with Crippen LogP contribution in [0.3, 0.4) is 0 Å². The van der Waals surface area contributed by atoms with Crippen LogP contribution in [0.25, 0.3) is 0 Å². The maximum atomic E-state index is 12.2. The molecule has 0 saturated carbocycles. The summed E-state index contributed by atoms with van der Waals surface area (Å²) in [6.07, 6.45) is -0.646. The van der Waals surface area contributed by atoms with Gasteiger partial charge in [0.2, 0.25) is 9.84 Å². The summed E-state index contributed by atoms with van der Waals surface area (Å²) in [5.41, 5.74) is 0. The van der Waals surface area contributed by atoms with Crippen molar-refractivity contribution in [2.24, 2.45) is 0 Å². The van der Waals surface area contributed by atoms with Gasteiger partial charge in [-0.25, -0.2) is 13.2 Å². The molecule has 0 aliphatic carbocycles. The van der Waals surface area contributed by atoms with Crippen molar-refractivity contribution in [1.29, 1.82) is 0 Å². The van der Waals surface area contributed by atoms with Gasteiger partial charge in [-0.1, -0.05) is 41.4 Å². The van der Waals surface area contributed by atoms with E-state index in [0.717, 1.165) is 0 Å². The van der Waals surface area contributed by atoms with Gasteiger partial charge in [0.25, 0.3) is 0 Å². The summed E-state index contributed by atoms with van der Waals surface area (Å²) in [5.74, 6) is -0.580. The molecule has 25 heavy (non-hydrogen) atoms. The van der Waals surface area contributed by atoms with E-state index >= 15 is 0 Å². The fraction of sp³-hybridized carbons (Fsp3) is 0.188. The first-order valence-corrected chi connectivity index (χ1v) is 9.40. The Bertz CT molecular complexity index is 870. The fourth-order valence-electron chi connectivity index (χ4n) is 1.72. The first-order valence-electron chi connectivity index (χ1n) is 6.99. The standard InChI is InChI=1S/C16H15Cl2NO5S/c1-19(2)16(20)24-15-9-14(12(17)8-13(15)18)23-10-25(21,22)11-6-4-3-5-7-11/h3-9H,10H2,1-2H3. The smallest absolute Gasteiger partial charge is 0.414 e. The molecule has 0 aromatic heterocycles. The zero-order valence-electron chi connectivity index (χ0n) is 13.4. The number of hydrogen-bond donors (Lipinski definition) is 0. The lowest BCUT2D eigenvalue weighted by molar-refractivity contribution is 0.172. The molecule has 0 unspecified atom stereocenters. The molecule has 0 spiro atoms. The predicted molar refractivity (Wildman–Crippen MR) is 95.3 cm³/mol. The second kappa shape index (κ2) is 7.95. The largest absolute Gasteiger partial charge is 0.476 e. The summed E-state index contributed by atoms with van der Waals surface area (Å²) in [7, 11) is -0.645. The van der Waals surface area contributed by atoms with Crippen molar-refractivity contribution >= 4 is 39.1 Å². The highest BCUT2D eigenvalue weighted by atomic mass is 35.5. The van der Waals surface area contributed by atoms with E-state index in [-0.39, 0.29) is 26.4 Å². The fourth-order valence-corrected chi connectivity index (χ4v) is 3.19. The summed E-state index contributed by atoms with van der Waals surface area (Å²) in [6, 6.07) is 10.4. The van der Waals surface area contributed by atoms with Crippen molar-refractivity contribution in [1.82, 2.24) is 4.90 Å². The molecular weight excluding hydrogens is 389 g/mol. The lowest BCUT2D eigenvalue weighted by atomic mass is 10.3. The molecule has 2 rings (SSSR count). The highest BCUT2D eigenvalue weighted by Gasteiger charge is 2.18. The van der Waals surface area contributed by atoms with E-state index in [4.69, 9.17) is 32.7 Å². The van der Waals surface area contributed by atoms with Crippen molar-refractivity contribution in [3.05, 3.63) is 52.5 Å². The van der Waals surface area contributed by atoms with Gasteiger partial charge < -0.3 is 14.4 Å². The predicted octanol–water partition coefficient (Wildman–Crippen LogP) is 3.86. The molecule has 0 fully saturated rings. The molecule has 134 valence electrons. The van der Waals surface area contributed by atoms with E-state index in [0.29, 0.717) is 0 Å². The van der Waals surface area contributed by atoms with Crippen LogP contribution in [0.1, 0.15) is 0 Å². The third-order valence-corrected chi connectivity index (χ3v) is 5.03. The molecule has 1 amide bonds. The molecular formula is C16H15Cl2NO5S. The topological polar surface area (TPSA) is 72.9 Å². The lowest BCUT2D eigenvalue weighted by Crippen LogP contribution is -2.25. The molecule has 0 bridgehead atoms. The Kier molecular flexibility index (Phi) is 6.16. The Hall–Kier alpha value is -1.96. The molecule has 0 aliphatic rings. The normalized spacial score (nSPS) is 11.0. The van der Waals surface area contributed by atoms with Crippen LogP contribution in [0.5, 0.6) is 11.5 Å². The number of carbonyl (C=O) groups excluding carboxylic acids is 1. The monoisotopic (exact) mass is 403 g/mol. The molecule has 2 aromatic carbocycles. The second-order valence-corrected chi connectivity index (χ2v) is 7.92. The lowest BCUT2D eigenvalue weighted by Gasteiger charge is -2.14. The van der Waals surface area contributed by atoms with Crippen molar-refractivity contribution < 1.29 is 22.7 Å². The van der Waals surface area contributed by atoms with Crippen LogP contribution in [-0.2, 0) is 9.84 Å². The summed E-state index contributed by atoms with van der Waals surface area (Å²) in [5, 5.41) is 0.191. The van der Waals surface area contributed by atoms with E-state index < -0.39 is 21.9 Å². The Morgan fingerprint density at radius 3 is 2.24 bits per heavy atom. The van der Waals surface area contributed by atoms with Gasteiger partial charge >= 0.3 is 6.09 Å². The van der Waals surface area contributed by atoms with Gasteiger partial charge in [0, 0.05) is 20.2 Å². The molecule has 0 radical (unpaired) electrons. The van der Waals surface area contributed by atoms with Crippen molar-refractivity contribution in [3.8, 4) is 11.5 Å². The Morgan fingerprint density at radius 2 is 1.64 bits per heavy atom. The Morgan fingerprint density at radius 1 is 1.04 bits per heavy atom. The van der Waals surface area contributed by atoms with Gasteiger partial charge in [-0.3, -0.25) is 0 Å². The van der Waals surface area contributed by atoms with Crippen LogP contribution in [0, 0.1) is 0 Å². The quantitative estimate of drug-likeness (QED) is 0.757. The van der Waals surface area contributed by atoms with E-state index in [1.165, 1.54) is 43.3 Å². The number of sulfone groups is 1.